The van der Waals surface area contributed by atoms with Gasteiger partial charge in [-0.1, -0.05) is 68.0 Å². The van der Waals surface area contributed by atoms with Crippen molar-refractivity contribution < 1.29 is 9.47 Å². The summed E-state index contributed by atoms with van der Waals surface area (Å²) in [7, 11) is 1.38. The van der Waals surface area contributed by atoms with Crippen molar-refractivity contribution in [2.24, 2.45) is 17.8 Å². The Morgan fingerprint density at radius 1 is 0.870 bits per heavy atom. The summed E-state index contributed by atoms with van der Waals surface area (Å²) in [4.78, 5) is 0. The van der Waals surface area contributed by atoms with Crippen LogP contribution in [0.2, 0.25) is 6.04 Å². The lowest BCUT2D eigenvalue weighted by molar-refractivity contribution is -0.206. The van der Waals surface area contributed by atoms with Gasteiger partial charge in [-0.2, -0.15) is 0 Å². The highest BCUT2D eigenvalue weighted by atomic mass is 28.1. The molecule has 3 heteroatoms. The van der Waals surface area contributed by atoms with Crippen molar-refractivity contribution in [1.82, 2.24) is 0 Å². The quantitative estimate of drug-likeness (QED) is 0.758. The average molecular weight is 333 g/mol. The van der Waals surface area contributed by atoms with E-state index in [9.17, 15) is 0 Å². The van der Waals surface area contributed by atoms with E-state index in [1.165, 1.54) is 60.4 Å². The zero-order valence-corrected chi connectivity index (χ0v) is 16.8. The van der Waals surface area contributed by atoms with E-state index in [2.05, 4.69) is 31.2 Å². The maximum absolute atomic E-state index is 5.97. The number of rotatable bonds is 5. The van der Waals surface area contributed by atoms with Gasteiger partial charge in [0.1, 0.15) is 0 Å². The molecule has 2 fully saturated rings. The molecule has 1 saturated carbocycles. The summed E-state index contributed by atoms with van der Waals surface area (Å²) in [5.41, 5.74) is 2.43. The molecule has 1 saturated heterocycles. The summed E-state index contributed by atoms with van der Waals surface area (Å²) in [6.07, 6.45) is 8.40. The van der Waals surface area contributed by atoms with Gasteiger partial charge in [-0.15, -0.1) is 0 Å². The third-order valence-corrected chi connectivity index (χ3v) is 7.00. The van der Waals surface area contributed by atoms with Crippen LogP contribution in [0, 0.1) is 24.7 Å². The Bertz CT molecular complexity index is 457. The van der Waals surface area contributed by atoms with E-state index in [-0.39, 0.29) is 6.29 Å². The van der Waals surface area contributed by atoms with E-state index in [0.29, 0.717) is 5.92 Å². The Kier molecular flexibility index (Phi) is 6.32. The van der Waals surface area contributed by atoms with Crippen LogP contribution in [-0.4, -0.2) is 23.5 Å². The van der Waals surface area contributed by atoms with Crippen LogP contribution in [0.4, 0.5) is 0 Å². The van der Waals surface area contributed by atoms with Gasteiger partial charge in [0, 0.05) is 21.7 Å². The van der Waals surface area contributed by atoms with Gasteiger partial charge in [0.15, 0.2) is 6.29 Å². The molecule has 0 spiro atoms. The molecule has 3 rings (SSSR count). The predicted octanol–water partition coefficient (Wildman–Crippen LogP) is 4.03. The van der Waals surface area contributed by atoms with Gasteiger partial charge in [0.25, 0.3) is 0 Å². The van der Waals surface area contributed by atoms with Crippen LogP contribution in [0.3, 0.4) is 0 Å². The molecular weight excluding hydrogens is 300 g/mol. The fourth-order valence-corrected chi connectivity index (χ4v) is 4.84. The monoisotopic (exact) mass is 332 g/mol. The molecule has 0 unspecified atom stereocenters. The molecule has 1 aromatic rings. The van der Waals surface area contributed by atoms with Crippen LogP contribution < -0.4 is 0 Å². The Balaban J connectivity index is 1.37. The zero-order valence-electron chi connectivity index (χ0n) is 14.8. The van der Waals surface area contributed by atoms with Gasteiger partial charge in [-0.3, -0.25) is 0 Å². The number of benzene rings is 1. The summed E-state index contributed by atoms with van der Waals surface area (Å²) < 4.78 is 11.9. The van der Waals surface area contributed by atoms with Crippen molar-refractivity contribution in [3.8, 4) is 0 Å². The Morgan fingerprint density at radius 2 is 1.43 bits per heavy atom. The molecule has 1 aliphatic carbocycles. The molecule has 0 amide bonds. The Morgan fingerprint density at radius 3 is 2.04 bits per heavy atom. The minimum atomic E-state index is -0.156. The van der Waals surface area contributed by atoms with Crippen LogP contribution in [-0.2, 0) is 9.47 Å². The van der Waals surface area contributed by atoms with Crippen LogP contribution in [0.15, 0.2) is 24.3 Å². The first-order valence-corrected chi connectivity index (χ1v) is 11.0. The first kappa shape index (κ1) is 17.2. The van der Waals surface area contributed by atoms with E-state index in [1.54, 1.807) is 0 Å². The maximum Gasteiger partial charge on any atom is 0.183 e. The van der Waals surface area contributed by atoms with Crippen molar-refractivity contribution in [2.45, 2.75) is 57.8 Å². The van der Waals surface area contributed by atoms with Crippen molar-refractivity contribution in [1.29, 1.82) is 0 Å². The predicted molar refractivity (Wildman–Crippen MR) is 98.7 cm³/mol. The largest absolute Gasteiger partial charge is 0.348 e. The molecule has 2 nitrogen and oxygen atoms in total. The third kappa shape index (κ3) is 4.91. The molecule has 0 bridgehead atoms. The standard InChI is InChI=1S/C20H32O2Si/c1-15-2-10-19(11-3-15)20-21-12-18(13-22-20)9-6-16-4-7-17(14-23)8-5-16/h2-3,10-11,16-18,20H,4-9,12-14H2,1,23H3. The molecule has 128 valence electrons. The van der Waals surface area contributed by atoms with Crippen LogP contribution >= 0.6 is 0 Å². The molecule has 0 atom stereocenters. The Hall–Kier alpha value is -0.643. The van der Waals surface area contributed by atoms with Gasteiger partial charge < -0.3 is 9.47 Å². The second kappa shape index (κ2) is 8.45. The lowest BCUT2D eigenvalue weighted by atomic mass is 9.80. The number of hydrogen-bond donors (Lipinski definition) is 0. The fourth-order valence-electron chi connectivity index (χ4n) is 4.03. The SMILES string of the molecule is Cc1ccc(C2OCC(CCC3CCC(C[SiH3])CC3)CO2)cc1. The summed E-state index contributed by atoms with van der Waals surface area (Å²) in [6, 6.07) is 10.0. The molecule has 2 aliphatic rings. The van der Waals surface area contributed by atoms with Crippen molar-refractivity contribution >= 4 is 10.2 Å². The molecular formula is C20H32O2Si. The smallest absolute Gasteiger partial charge is 0.183 e. The van der Waals surface area contributed by atoms with Gasteiger partial charge in [0.2, 0.25) is 0 Å². The van der Waals surface area contributed by atoms with Crippen molar-refractivity contribution in [3.63, 3.8) is 0 Å². The normalized spacial score (nSPS) is 32.0. The highest BCUT2D eigenvalue weighted by molar-refractivity contribution is 6.08. The Labute approximate surface area is 144 Å². The van der Waals surface area contributed by atoms with Gasteiger partial charge in [-0.25, -0.2) is 0 Å². The van der Waals surface area contributed by atoms with Crippen molar-refractivity contribution in [3.05, 3.63) is 35.4 Å². The third-order valence-electron chi connectivity index (χ3n) is 5.84. The number of aryl methyl sites for hydroxylation is 1. The van der Waals surface area contributed by atoms with Gasteiger partial charge in [0.05, 0.1) is 13.2 Å². The van der Waals surface area contributed by atoms with Gasteiger partial charge in [-0.05, 0) is 25.2 Å². The number of ether oxygens (including phenoxy) is 2. The topological polar surface area (TPSA) is 18.5 Å². The zero-order chi connectivity index (χ0) is 16.1. The van der Waals surface area contributed by atoms with E-state index >= 15 is 0 Å². The second-order valence-electron chi connectivity index (χ2n) is 7.65. The first-order chi connectivity index (χ1) is 11.2. The summed E-state index contributed by atoms with van der Waals surface area (Å²) >= 11 is 0. The van der Waals surface area contributed by atoms with E-state index in [4.69, 9.17) is 9.47 Å². The molecule has 0 aromatic heterocycles. The van der Waals surface area contributed by atoms with E-state index in [1.807, 2.05) is 0 Å². The molecule has 0 N–H and O–H groups in total. The van der Waals surface area contributed by atoms with Crippen LogP contribution in [0.25, 0.3) is 0 Å². The van der Waals surface area contributed by atoms with Gasteiger partial charge >= 0.3 is 0 Å². The lowest BCUT2D eigenvalue weighted by Crippen LogP contribution is -2.27. The summed E-state index contributed by atoms with van der Waals surface area (Å²) in [5.74, 6) is 2.62. The second-order valence-corrected chi connectivity index (χ2v) is 8.46. The summed E-state index contributed by atoms with van der Waals surface area (Å²) in [6.45, 7) is 3.82. The molecule has 0 radical (unpaired) electrons. The molecule has 1 aliphatic heterocycles. The van der Waals surface area contributed by atoms with Crippen molar-refractivity contribution in [2.75, 3.05) is 13.2 Å². The maximum atomic E-state index is 5.97. The minimum Gasteiger partial charge on any atom is -0.348 e. The fraction of sp³-hybridized carbons (Fsp3) is 0.700. The average Bonchev–Trinajstić information content (AvgIpc) is 2.61. The van der Waals surface area contributed by atoms with E-state index in [0.717, 1.165) is 30.6 Å². The number of hydrogen-bond acceptors (Lipinski definition) is 2. The highest BCUT2D eigenvalue weighted by Gasteiger charge is 2.25. The minimum absolute atomic E-state index is 0.156. The molecule has 1 heterocycles. The van der Waals surface area contributed by atoms with E-state index < -0.39 is 0 Å². The highest BCUT2D eigenvalue weighted by Crippen LogP contribution is 2.35. The summed E-state index contributed by atoms with van der Waals surface area (Å²) in [5, 5.41) is 0. The molecule has 23 heavy (non-hydrogen) atoms. The van der Waals surface area contributed by atoms with Crippen LogP contribution in [0.1, 0.15) is 55.9 Å². The first-order valence-electron chi connectivity index (χ1n) is 9.54. The van der Waals surface area contributed by atoms with Crippen LogP contribution in [0.5, 0.6) is 0 Å². The molecule has 1 aromatic carbocycles. The lowest BCUT2D eigenvalue weighted by Gasteiger charge is -2.32.